The van der Waals surface area contributed by atoms with Crippen LogP contribution < -0.4 is 5.32 Å². The molecule has 1 saturated carbocycles. The maximum Gasteiger partial charge on any atom is 0.407 e. The number of hydrogen-bond acceptors (Lipinski definition) is 10. The maximum atomic E-state index is 12.8. The van der Waals surface area contributed by atoms with Crippen molar-refractivity contribution in [2.45, 2.75) is 129 Å². The van der Waals surface area contributed by atoms with Crippen molar-refractivity contribution < 1.29 is 47.5 Å². The van der Waals surface area contributed by atoms with Crippen LogP contribution in [0.5, 0.6) is 0 Å². The van der Waals surface area contributed by atoms with Crippen LogP contribution in [0.3, 0.4) is 0 Å². The van der Waals surface area contributed by atoms with E-state index in [1.54, 1.807) is 0 Å². The van der Waals surface area contributed by atoms with Gasteiger partial charge in [0.1, 0.15) is 19.3 Å². The molecule has 1 aliphatic carbocycles. The van der Waals surface area contributed by atoms with Crippen molar-refractivity contribution in [3.8, 4) is 0 Å². The van der Waals surface area contributed by atoms with Crippen LogP contribution in [-0.2, 0) is 55.9 Å². The van der Waals surface area contributed by atoms with E-state index in [4.69, 9.17) is 37.9 Å². The molecule has 5 rings (SSSR count). The van der Waals surface area contributed by atoms with E-state index in [-0.39, 0.29) is 61.2 Å². The maximum absolute atomic E-state index is 12.8. The topological polar surface area (TPSA) is 120 Å². The largest absolute Gasteiger partial charge is 0.463 e. The average Bonchev–Trinajstić information content (AvgIpc) is 3.15. The number of nitrogens with one attached hydrogen (secondary N) is 1. The van der Waals surface area contributed by atoms with E-state index < -0.39 is 43.0 Å². The Bertz CT molecular complexity index is 1430. The van der Waals surface area contributed by atoms with Crippen LogP contribution in [0.2, 0.25) is 0 Å². The van der Waals surface area contributed by atoms with Crippen molar-refractivity contribution in [2.75, 3.05) is 13.2 Å². The number of benzene rings is 2. The molecule has 11 heteroatoms. The Kier molecular flexibility index (Phi) is 15.3. The summed E-state index contributed by atoms with van der Waals surface area (Å²) in [6, 6.07) is 19.6. The Morgan fingerprint density at radius 3 is 2.04 bits per heavy atom. The van der Waals surface area contributed by atoms with Gasteiger partial charge in [-0.15, -0.1) is 0 Å². The Morgan fingerprint density at radius 2 is 1.42 bits per heavy atom. The molecule has 13 atom stereocenters. The standard InChI is InChI=1S/C42H59NO10/c1-8-22-46-42(45)43-36-28(4)27(3)35(25-47-31(7)44)52-40(36)51-34-21-15-16-26(2)37(34)53-41-39(49-24-33-19-13-10-14-20-33)38(29(5)30(6)50-41)48-23-32-17-11-9-12-18-32/h8-14,17-20,26-30,34-41H,1,15-16,21-25H2,2-7H3,(H,43,45)/t26?,27-,28?,29-,30?,34-,35+,36?,37-,38+,39?,40-,41+/m1/s1. The molecule has 2 aromatic carbocycles. The molecule has 53 heavy (non-hydrogen) atoms. The molecule has 0 spiro atoms. The van der Waals surface area contributed by atoms with Gasteiger partial charge in [0.05, 0.1) is 49.8 Å². The van der Waals surface area contributed by atoms with Gasteiger partial charge in [-0.25, -0.2) is 4.79 Å². The van der Waals surface area contributed by atoms with Crippen LogP contribution in [-0.4, -0.2) is 80.5 Å². The summed E-state index contributed by atoms with van der Waals surface area (Å²) in [7, 11) is 0. The summed E-state index contributed by atoms with van der Waals surface area (Å²) in [5.41, 5.74) is 2.12. The molecule has 0 aromatic heterocycles. The predicted molar refractivity (Wildman–Crippen MR) is 198 cm³/mol. The summed E-state index contributed by atoms with van der Waals surface area (Å²) in [5, 5.41) is 2.98. The van der Waals surface area contributed by atoms with Crippen molar-refractivity contribution in [1.29, 1.82) is 0 Å². The van der Waals surface area contributed by atoms with Crippen molar-refractivity contribution in [3.05, 3.63) is 84.4 Å². The van der Waals surface area contributed by atoms with Crippen LogP contribution in [0.4, 0.5) is 4.79 Å². The Morgan fingerprint density at radius 1 is 0.774 bits per heavy atom. The summed E-state index contributed by atoms with van der Waals surface area (Å²) in [4.78, 5) is 24.6. The van der Waals surface area contributed by atoms with E-state index in [0.717, 1.165) is 24.0 Å². The quantitative estimate of drug-likeness (QED) is 0.152. The molecule has 2 aromatic rings. The fraction of sp³-hybridized carbons (Fsp3) is 0.619. The van der Waals surface area contributed by atoms with E-state index in [0.29, 0.717) is 19.6 Å². The lowest BCUT2D eigenvalue weighted by molar-refractivity contribution is -0.336. The minimum atomic E-state index is -0.863. The Hall–Kier alpha value is -3.32. The number of ether oxygens (including phenoxy) is 8. The third-order valence-corrected chi connectivity index (χ3v) is 11.1. The van der Waals surface area contributed by atoms with Crippen molar-refractivity contribution >= 4 is 12.1 Å². The first-order valence-electron chi connectivity index (χ1n) is 19.2. The number of esters is 1. The van der Waals surface area contributed by atoms with E-state index >= 15 is 0 Å². The summed E-state index contributed by atoms with van der Waals surface area (Å²) >= 11 is 0. The molecule has 292 valence electrons. The number of amides is 1. The molecule has 2 aliphatic heterocycles. The van der Waals surface area contributed by atoms with Crippen LogP contribution in [0.15, 0.2) is 73.3 Å². The fourth-order valence-corrected chi connectivity index (χ4v) is 7.54. The van der Waals surface area contributed by atoms with Gasteiger partial charge in [-0.05, 0) is 48.6 Å². The van der Waals surface area contributed by atoms with Gasteiger partial charge in [-0.2, -0.15) is 0 Å². The lowest BCUT2D eigenvalue weighted by atomic mass is 9.81. The van der Waals surface area contributed by atoms with Gasteiger partial charge in [-0.1, -0.05) is 107 Å². The highest BCUT2D eigenvalue weighted by Crippen LogP contribution is 2.39. The zero-order valence-corrected chi connectivity index (χ0v) is 32.1. The summed E-state index contributed by atoms with van der Waals surface area (Å²) in [6.45, 7) is 16.4. The summed E-state index contributed by atoms with van der Waals surface area (Å²) < 4.78 is 51.1. The molecule has 2 saturated heterocycles. The second-order valence-corrected chi connectivity index (χ2v) is 14.9. The minimum absolute atomic E-state index is 0.0242. The molecule has 1 N–H and O–H groups in total. The Balaban J connectivity index is 1.39. The van der Waals surface area contributed by atoms with Gasteiger partial charge in [-0.3, -0.25) is 4.79 Å². The van der Waals surface area contributed by atoms with Crippen molar-refractivity contribution in [1.82, 2.24) is 5.32 Å². The molecular formula is C42H59NO10. The van der Waals surface area contributed by atoms with E-state index in [9.17, 15) is 9.59 Å². The smallest absolute Gasteiger partial charge is 0.407 e. The third-order valence-electron chi connectivity index (χ3n) is 11.1. The summed E-state index contributed by atoms with van der Waals surface area (Å²) in [6.07, 6.45) is -0.342. The predicted octanol–water partition coefficient (Wildman–Crippen LogP) is 6.97. The van der Waals surface area contributed by atoms with Crippen LogP contribution in [0.25, 0.3) is 0 Å². The highest BCUT2D eigenvalue weighted by Gasteiger charge is 2.49. The zero-order chi connectivity index (χ0) is 37.9. The molecule has 2 heterocycles. The molecule has 1 amide bonds. The van der Waals surface area contributed by atoms with Gasteiger partial charge < -0.3 is 43.2 Å². The first-order valence-corrected chi connectivity index (χ1v) is 19.2. The van der Waals surface area contributed by atoms with Gasteiger partial charge >= 0.3 is 12.1 Å². The van der Waals surface area contributed by atoms with Gasteiger partial charge in [0.25, 0.3) is 0 Å². The van der Waals surface area contributed by atoms with Crippen LogP contribution in [0.1, 0.15) is 71.9 Å². The first kappa shape index (κ1) is 40.9. The normalized spacial score (nSPS) is 34.5. The minimum Gasteiger partial charge on any atom is -0.463 e. The molecule has 11 nitrogen and oxygen atoms in total. The second-order valence-electron chi connectivity index (χ2n) is 14.9. The molecule has 3 fully saturated rings. The molecule has 3 aliphatic rings. The van der Waals surface area contributed by atoms with Crippen LogP contribution >= 0.6 is 0 Å². The van der Waals surface area contributed by atoms with Crippen LogP contribution in [0, 0.1) is 23.7 Å². The lowest BCUT2D eigenvalue weighted by Crippen LogP contribution is -2.61. The molecule has 0 radical (unpaired) electrons. The number of hydrogen-bond donors (Lipinski definition) is 1. The average molecular weight is 738 g/mol. The number of rotatable bonds is 15. The number of alkyl carbamates (subject to hydrolysis) is 1. The zero-order valence-electron chi connectivity index (χ0n) is 32.1. The third kappa shape index (κ3) is 11.1. The van der Waals surface area contributed by atoms with Gasteiger partial charge in [0, 0.05) is 12.8 Å². The fourth-order valence-electron chi connectivity index (χ4n) is 7.54. The van der Waals surface area contributed by atoms with Crippen molar-refractivity contribution in [2.24, 2.45) is 23.7 Å². The van der Waals surface area contributed by atoms with Gasteiger partial charge in [0.15, 0.2) is 12.6 Å². The number of carbonyl (C=O) groups is 2. The van der Waals surface area contributed by atoms with E-state index in [1.165, 1.54) is 13.0 Å². The Labute approximate surface area is 315 Å². The monoisotopic (exact) mass is 737 g/mol. The highest BCUT2D eigenvalue weighted by atomic mass is 16.7. The molecular weight excluding hydrogens is 678 g/mol. The van der Waals surface area contributed by atoms with E-state index in [2.05, 4.69) is 44.8 Å². The number of carbonyl (C=O) groups excluding carboxylic acids is 2. The molecule has 0 bridgehead atoms. The molecule has 5 unspecified atom stereocenters. The first-order chi connectivity index (χ1) is 25.5. The highest BCUT2D eigenvalue weighted by molar-refractivity contribution is 5.68. The van der Waals surface area contributed by atoms with Crippen molar-refractivity contribution in [3.63, 3.8) is 0 Å². The lowest BCUT2D eigenvalue weighted by Gasteiger charge is -2.49. The summed E-state index contributed by atoms with van der Waals surface area (Å²) in [5.74, 6) is -0.416. The second kappa shape index (κ2) is 19.8. The van der Waals surface area contributed by atoms with E-state index in [1.807, 2.05) is 62.4 Å². The SMILES string of the molecule is C=CCOC(=O)NC1C(C)[C@@H](C)[C@H](COC(C)=O)O[C@H]1O[C@@H]1CCCC(C)[C@H]1O[C@@H]1OC(C)[C@@H](C)[C@H](OCc2ccccc2)C1OCc1ccccc1. The van der Waals surface area contributed by atoms with Gasteiger partial charge in [0.2, 0.25) is 0 Å².